The van der Waals surface area contributed by atoms with Crippen molar-refractivity contribution in [2.45, 2.75) is 33.2 Å². The van der Waals surface area contributed by atoms with Gasteiger partial charge in [-0.25, -0.2) is 14.8 Å². The lowest BCUT2D eigenvalue weighted by atomic mass is 10.1. The molecule has 2 heterocycles. The summed E-state index contributed by atoms with van der Waals surface area (Å²) in [6, 6.07) is 0. The van der Waals surface area contributed by atoms with Crippen molar-refractivity contribution in [2.24, 2.45) is 0 Å². The third-order valence-corrected chi connectivity index (χ3v) is 2.92. The summed E-state index contributed by atoms with van der Waals surface area (Å²) in [5.74, 6) is 0.273. The fraction of sp³-hybridized carbons (Fsp3) is 0.385. The number of nitrogens with zero attached hydrogens (tertiary/aromatic N) is 3. The summed E-state index contributed by atoms with van der Waals surface area (Å²) in [6.45, 7) is 4.55. The first-order chi connectivity index (χ1) is 9.65. The molecule has 0 unspecified atom stereocenters. The lowest BCUT2D eigenvalue weighted by molar-refractivity contribution is 0.0690. The third-order valence-electron chi connectivity index (χ3n) is 2.92. The van der Waals surface area contributed by atoms with E-state index < -0.39 is 5.97 Å². The Morgan fingerprint density at radius 2 is 2.10 bits per heavy atom. The number of aromatic nitrogens is 3. The quantitative estimate of drug-likeness (QED) is 0.830. The second-order valence-corrected chi connectivity index (χ2v) is 4.18. The van der Waals surface area contributed by atoms with Crippen molar-refractivity contribution < 1.29 is 14.4 Å². The number of carboxylic acid groups (broad SMARTS) is 1. The average Bonchev–Trinajstić information content (AvgIpc) is 2.87. The van der Waals surface area contributed by atoms with E-state index in [-0.39, 0.29) is 5.69 Å². The van der Waals surface area contributed by atoms with Crippen molar-refractivity contribution in [3.63, 3.8) is 0 Å². The summed E-state index contributed by atoms with van der Waals surface area (Å²) in [7, 11) is 0. The summed E-state index contributed by atoms with van der Waals surface area (Å²) in [4.78, 5) is 18.5. The smallest absolute Gasteiger partial charge is 0.356 e. The number of nitrogens with one attached hydrogen (secondary N) is 1. The molecule has 20 heavy (non-hydrogen) atoms. The van der Waals surface area contributed by atoms with Gasteiger partial charge in [0.05, 0.1) is 18.1 Å². The molecule has 0 atom stereocenters. The molecule has 2 aromatic heterocycles. The minimum atomic E-state index is -1.09. The second-order valence-electron chi connectivity index (χ2n) is 4.18. The highest BCUT2D eigenvalue weighted by molar-refractivity contribution is 5.84. The standard InChI is InChI=1S/C13H16N4O3/c1-3-9-8(11(4-2)20-17-9)5-15-12-7-14-10(6-16-12)13(18)19/h6-7H,3-5H2,1-2H3,(H,15,16)(H,18,19). The van der Waals surface area contributed by atoms with Crippen molar-refractivity contribution in [2.75, 3.05) is 5.32 Å². The summed E-state index contributed by atoms with van der Waals surface area (Å²) in [6.07, 6.45) is 4.19. The highest BCUT2D eigenvalue weighted by Crippen LogP contribution is 2.17. The average molecular weight is 276 g/mol. The molecule has 0 aliphatic rings. The Morgan fingerprint density at radius 3 is 2.65 bits per heavy atom. The molecule has 7 heteroatoms. The number of rotatable bonds is 6. The maximum absolute atomic E-state index is 10.7. The number of aromatic carboxylic acids is 1. The van der Waals surface area contributed by atoms with Crippen LogP contribution in [-0.4, -0.2) is 26.2 Å². The molecule has 0 bridgehead atoms. The van der Waals surface area contributed by atoms with E-state index in [9.17, 15) is 4.79 Å². The van der Waals surface area contributed by atoms with E-state index in [1.807, 2.05) is 13.8 Å². The van der Waals surface area contributed by atoms with Crippen molar-refractivity contribution in [1.29, 1.82) is 0 Å². The Hall–Kier alpha value is -2.44. The number of hydrogen-bond donors (Lipinski definition) is 2. The van der Waals surface area contributed by atoms with Crippen LogP contribution in [0.25, 0.3) is 0 Å². The van der Waals surface area contributed by atoms with E-state index in [1.54, 1.807) is 0 Å². The molecule has 0 amide bonds. The van der Waals surface area contributed by atoms with E-state index in [0.717, 1.165) is 29.9 Å². The minimum Gasteiger partial charge on any atom is -0.476 e. The number of carbonyl (C=O) groups is 1. The number of anilines is 1. The van der Waals surface area contributed by atoms with Gasteiger partial charge in [-0.3, -0.25) is 0 Å². The minimum absolute atomic E-state index is 0.0796. The van der Waals surface area contributed by atoms with Crippen LogP contribution in [0.15, 0.2) is 16.9 Å². The zero-order chi connectivity index (χ0) is 14.5. The Bertz CT molecular complexity index is 571. The van der Waals surface area contributed by atoms with Crippen LogP contribution in [0.1, 0.15) is 41.4 Å². The predicted octanol–water partition coefficient (Wildman–Crippen LogP) is 1.90. The van der Waals surface area contributed by atoms with Crippen molar-refractivity contribution in [1.82, 2.24) is 15.1 Å². The highest BCUT2D eigenvalue weighted by atomic mass is 16.5. The van der Waals surface area contributed by atoms with Crippen LogP contribution in [-0.2, 0) is 19.4 Å². The molecular formula is C13H16N4O3. The number of hydrogen-bond acceptors (Lipinski definition) is 6. The first kappa shape index (κ1) is 14.0. The lowest BCUT2D eigenvalue weighted by Gasteiger charge is -2.05. The second kappa shape index (κ2) is 6.14. The third kappa shape index (κ3) is 2.93. The Kier molecular flexibility index (Phi) is 4.29. The maximum atomic E-state index is 10.7. The molecule has 0 spiro atoms. The molecule has 0 aromatic carbocycles. The Labute approximate surface area is 116 Å². The van der Waals surface area contributed by atoms with Gasteiger partial charge in [0.2, 0.25) is 0 Å². The molecular weight excluding hydrogens is 260 g/mol. The highest BCUT2D eigenvalue weighted by Gasteiger charge is 2.13. The van der Waals surface area contributed by atoms with Gasteiger partial charge in [0.15, 0.2) is 5.69 Å². The summed E-state index contributed by atoms with van der Waals surface area (Å²) < 4.78 is 5.27. The van der Waals surface area contributed by atoms with Crippen molar-refractivity contribution >= 4 is 11.8 Å². The van der Waals surface area contributed by atoms with Gasteiger partial charge in [-0.15, -0.1) is 0 Å². The van der Waals surface area contributed by atoms with Gasteiger partial charge in [0.1, 0.15) is 11.6 Å². The van der Waals surface area contributed by atoms with Gasteiger partial charge in [0.25, 0.3) is 0 Å². The van der Waals surface area contributed by atoms with Crippen molar-refractivity contribution in [3.8, 4) is 0 Å². The van der Waals surface area contributed by atoms with Crippen LogP contribution in [0.5, 0.6) is 0 Å². The fourth-order valence-corrected chi connectivity index (χ4v) is 1.85. The van der Waals surface area contributed by atoms with E-state index in [2.05, 4.69) is 20.4 Å². The molecule has 0 aliphatic heterocycles. The normalized spacial score (nSPS) is 10.5. The number of aryl methyl sites for hydroxylation is 2. The van der Waals surface area contributed by atoms with Gasteiger partial charge < -0.3 is 14.9 Å². The monoisotopic (exact) mass is 276 g/mol. The molecule has 0 radical (unpaired) electrons. The molecule has 2 aromatic rings. The van der Waals surface area contributed by atoms with Gasteiger partial charge in [0, 0.05) is 18.5 Å². The first-order valence-electron chi connectivity index (χ1n) is 6.41. The molecule has 106 valence electrons. The van der Waals surface area contributed by atoms with Crippen LogP contribution in [0.3, 0.4) is 0 Å². The summed E-state index contributed by atoms with van der Waals surface area (Å²) in [5, 5.41) is 15.9. The van der Waals surface area contributed by atoms with Crippen LogP contribution in [0.2, 0.25) is 0 Å². The lowest BCUT2D eigenvalue weighted by Crippen LogP contribution is -2.07. The molecule has 0 saturated heterocycles. The zero-order valence-electron chi connectivity index (χ0n) is 11.4. The van der Waals surface area contributed by atoms with Crippen LogP contribution in [0, 0.1) is 0 Å². The maximum Gasteiger partial charge on any atom is 0.356 e. The largest absolute Gasteiger partial charge is 0.476 e. The van der Waals surface area contributed by atoms with Crippen LogP contribution < -0.4 is 5.32 Å². The van der Waals surface area contributed by atoms with Crippen LogP contribution in [0.4, 0.5) is 5.82 Å². The van der Waals surface area contributed by atoms with Crippen molar-refractivity contribution in [3.05, 3.63) is 35.1 Å². The van der Waals surface area contributed by atoms with Gasteiger partial charge in [-0.1, -0.05) is 19.0 Å². The van der Waals surface area contributed by atoms with Gasteiger partial charge in [-0.2, -0.15) is 0 Å². The predicted molar refractivity (Wildman–Crippen MR) is 71.6 cm³/mol. The first-order valence-corrected chi connectivity index (χ1v) is 6.41. The van der Waals surface area contributed by atoms with E-state index in [1.165, 1.54) is 12.4 Å². The molecule has 2 N–H and O–H groups in total. The molecule has 7 nitrogen and oxygen atoms in total. The molecule has 0 aliphatic carbocycles. The Balaban J connectivity index is 2.08. The van der Waals surface area contributed by atoms with Gasteiger partial charge >= 0.3 is 5.97 Å². The topological polar surface area (TPSA) is 101 Å². The Morgan fingerprint density at radius 1 is 1.30 bits per heavy atom. The van der Waals surface area contributed by atoms with E-state index >= 15 is 0 Å². The van der Waals surface area contributed by atoms with Crippen LogP contribution >= 0.6 is 0 Å². The van der Waals surface area contributed by atoms with Gasteiger partial charge in [-0.05, 0) is 6.42 Å². The SMILES string of the molecule is CCc1noc(CC)c1CNc1cnc(C(=O)O)cn1. The molecule has 2 rings (SSSR count). The molecule has 0 fully saturated rings. The molecule has 0 saturated carbocycles. The number of carboxylic acids is 1. The zero-order valence-corrected chi connectivity index (χ0v) is 11.4. The van der Waals surface area contributed by atoms with E-state index in [4.69, 9.17) is 9.63 Å². The summed E-state index contributed by atoms with van der Waals surface area (Å²) in [5.41, 5.74) is 1.87. The fourth-order valence-electron chi connectivity index (χ4n) is 1.85. The summed E-state index contributed by atoms with van der Waals surface area (Å²) >= 11 is 0. The van der Waals surface area contributed by atoms with E-state index in [0.29, 0.717) is 12.4 Å².